The number of hydrogen-bond donors (Lipinski definition) is 1. The molecule has 2 aromatic rings. The molecule has 2 heterocycles. The van der Waals surface area contributed by atoms with Crippen LogP contribution in [0.5, 0.6) is 0 Å². The molecule has 0 bridgehead atoms. The van der Waals surface area contributed by atoms with Gasteiger partial charge >= 0.3 is 5.69 Å². The molecule has 23 heavy (non-hydrogen) atoms. The van der Waals surface area contributed by atoms with E-state index in [2.05, 4.69) is 15.5 Å². The number of halogens is 1. The van der Waals surface area contributed by atoms with Crippen LogP contribution in [0.1, 0.15) is 24.2 Å². The fourth-order valence-electron chi connectivity index (χ4n) is 1.91. The summed E-state index contributed by atoms with van der Waals surface area (Å²) in [5.74, 6) is 0.907. The van der Waals surface area contributed by atoms with E-state index in [1.165, 1.54) is 17.8 Å². The molecule has 0 aliphatic heterocycles. The Kier molecular flexibility index (Phi) is 6.47. The van der Waals surface area contributed by atoms with Gasteiger partial charge < -0.3 is 14.4 Å². The van der Waals surface area contributed by atoms with Crippen molar-refractivity contribution in [2.24, 2.45) is 14.1 Å². The van der Waals surface area contributed by atoms with Gasteiger partial charge in [0.15, 0.2) is 5.82 Å². The van der Waals surface area contributed by atoms with Crippen molar-refractivity contribution >= 4 is 24.6 Å². The van der Waals surface area contributed by atoms with Gasteiger partial charge in [0, 0.05) is 38.8 Å². The first-order chi connectivity index (χ1) is 10.4. The minimum atomic E-state index is -0.372. The number of likely N-dealkylation sites (N-methyl/N-ethyl adjacent to an activating group) is 1. The second-order valence-electron chi connectivity index (χ2n) is 5.12. The normalized spacial score (nSPS) is 12.3. The molecule has 0 saturated carbocycles. The van der Waals surface area contributed by atoms with Gasteiger partial charge in [-0.2, -0.15) is 4.98 Å². The summed E-state index contributed by atoms with van der Waals surface area (Å²) in [6.07, 6.45) is 5.24. The number of rotatable bonds is 5. The van der Waals surface area contributed by atoms with Crippen LogP contribution in [-0.4, -0.2) is 32.4 Å². The predicted molar refractivity (Wildman–Crippen MR) is 89.6 cm³/mol. The quantitative estimate of drug-likeness (QED) is 0.835. The van der Waals surface area contributed by atoms with Crippen molar-refractivity contribution < 1.29 is 4.52 Å². The van der Waals surface area contributed by atoms with Crippen LogP contribution in [0.3, 0.4) is 0 Å². The van der Waals surface area contributed by atoms with Crippen LogP contribution < -0.4 is 16.6 Å². The first-order valence-electron chi connectivity index (χ1n) is 6.87. The minimum absolute atomic E-state index is 0. The lowest BCUT2D eigenvalue weighted by Gasteiger charge is -2.04. The molecular formula is C14H20ClN5O3. The number of nitrogens with zero attached hydrogens (tertiary/aromatic N) is 4. The second-order valence-corrected chi connectivity index (χ2v) is 5.12. The third-order valence-corrected chi connectivity index (χ3v) is 3.34. The molecular weight excluding hydrogens is 322 g/mol. The molecule has 0 fully saturated rings. The van der Waals surface area contributed by atoms with Crippen molar-refractivity contribution in [2.45, 2.75) is 19.4 Å². The lowest BCUT2D eigenvalue weighted by molar-refractivity contribution is 0.400. The average molecular weight is 342 g/mol. The average Bonchev–Trinajstić information content (AvgIpc) is 2.94. The first-order valence-corrected chi connectivity index (χ1v) is 6.87. The molecule has 0 aliphatic carbocycles. The molecule has 0 aromatic carbocycles. The summed E-state index contributed by atoms with van der Waals surface area (Å²) in [6, 6.07) is 0.241. The van der Waals surface area contributed by atoms with Crippen LogP contribution >= 0.6 is 12.4 Å². The van der Waals surface area contributed by atoms with Crippen molar-refractivity contribution in [1.29, 1.82) is 0 Å². The maximum atomic E-state index is 12.0. The molecule has 2 rings (SSSR count). The highest BCUT2D eigenvalue weighted by molar-refractivity contribution is 5.85. The van der Waals surface area contributed by atoms with E-state index in [-0.39, 0.29) is 29.7 Å². The van der Waals surface area contributed by atoms with Gasteiger partial charge in [0.25, 0.3) is 11.4 Å². The molecule has 1 unspecified atom stereocenters. The lowest BCUT2D eigenvalue weighted by atomic mass is 10.2. The van der Waals surface area contributed by atoms with Crippen LogP contribution in [0, 0.1) is 0 Å². The maximum Gasteiger partial charge on any atom is 0.330 e. The second kappa shape index (κ2) is 7.89. The largest absolute Gasteiger partial charge is 0.335 e. The Bertz CT molecular complexity index is 805. The van der Waals surface area contributed by atoms with Gasteiger partial charge in [0.1, 0.15) is 0 Å². The molecule has 0 radical (unpaired) electrons. The van der Waals surface area contributed by atoms with Crippen LogP contribution in [-0.2, 0) is 20.5 Å². The summed E-state index contributed by atoms with van der Waals surface area (Å²) in [6.45, 7) is 2.01. The Morgan fingerprint density at radius 3 is 2.70 bits per heavy atom. The standard InChI is InChI=1S/C14H19N5O3.ClH/c1-9(15-2)7-11-16-12(22-17-11)6-5-10-8-18(3)14(21)19(4)13(10)20;/h5-6,8-9,15H,7H2,1-4H3;1H/b6-5+;. The third kappa shape index (κ3) is 4.40. The Balaban J connectivity index is 0.00000264. The van der Waals surface area contributed by atoms with Crippen LogP contribution in [0.4, 0.5) is 0 Å². The first kappa shape index (κ1) is 18.9. The molecule has 0 saturated heterocycles. The topological polar surface area (TPSA) is 95.0 Å². The Morgan fingerprint density at radius 1 is 1.35 bits per heavy atom. The minimum Gasteiger partial charge on any atom is -0.335 e. The molecule has 9 heteroatoms. The molecule has 8 nitrogen and oxygen atoms in total. The van der Waals surface area contributed by atoms with E-state index < -0.39 is 0 Å². The van der Waals surface area contributed by atoms with E-state index in [1.807, 2.05) is 14.0 Å². The van der Waals surface area contributed by atoms with Gasteiger partial charge in [-0.15, -0.1) is 12.4 Å². The Hall–Kier alpha value is -2.19. The van der Waals surface area contributed by atoms with Gasteiger partial charge in [-0.1, -0.05) is 5.16 Å². The summed E-state index contributed by atoms with van der Waals surface area (Å²) < 4.78 is 7.49. The highest BCUT2D eigenvalue weighted by Gasteiger charge is 2.08. The van der Waals surface area contributed by atoms with Crippen LogP contribution in [0.2, 0.25) is 0 Å². The van der Waals surface area contributed by atoms with E-state index in [0.717, 1.165) is 4.57 Å². The van der Waals surface area contributed by atoms with Gasteiger partial charge in [-0.05, 0) is 20.0 Å². The van der Waals surface area contributed by atoms with Crippen LogP contribution in [0.15, 0.2) is 20.3 Å². The zero-order chi connectivity index (χ0) is 16.3. The number of hydrogen-bond acceptors (Lipinski definition) is 6. The highest BCUT2D eigenvalue weighted by Crippen LogP contribution is 2.04. The van der Waals surface area contributed by atoms with Gasteiger partial charge in [-0.3, -0.25) is 9.36 Å². The van der Waals surface area contributed by atoms with E-state index in [4.69, 9.17) is 4.52 Å². The zero-order valence-electron chi connectivity index (χ0n) is 13.4. The summed E-state index contributed by atoms with van der Waals surface area (Å²) in [7, 11) is 4.88. The summed E-state index contributed by atoms with van der Waals surface area (Å²) in [5.41, 5.74) is -0.376. The molecule has 1 N–H and O–H groups in total. The van der Waals surface area contributed by atoms with Crippen molar-refractivity contribution in [1.82, 2.24) is 24.6 Å². The lowest BCUT2D eigenvalue weighted by Crippen LogP contribution is -2.37. The fourth-order valence-corrected chi connectivity index (χ4v) is 1.91. The SMILES string of the molecule is CNC(C)Cc1noc(/C=C/c2cn(C)c(=O)n(C)c2=O)n1.Cl. The van der Waals surface area contributed by atoms with E-state index in [1.54, 1.807) is 19.2 Å². The van der Waals surface area contributed by atoms with E-state index >= 15 is 0 Å². The monoisotopic (exact) mass is 341 g/mol. The van der Waals surface area contributed by atoms with Gasteiger partial charge in [0.2, 0.25) is 0 Å². The third-order valence-electron chi connectivity index (χ3n) is 3.34. The fraction of sp³-hybridized carbons (Fsp3) is 0.429. The van der Waals surface area contributed by atoms with E-state index in [0.29, 0.717) is 23.7 Å². The van der Waals surface area contributed by atoms with Crippen molar-refractivity contribution in [3.05, 3.63) is 44.3 Å². The highest BCUT2D eigenvalue weighted by atomic mass is 35.5. The van der Waals surface area contributed by atoms with Gasteiger partial charge in [-0.25, -0.2) is 4.79 Å². The Labute approximate surface area is 139 Å². The van der Waals surface area contributed by atoms with Crippen molar-refractivity contribution in [3.8, 4) is 0 Å². The molecule has 1 atom stereocenters. The molecule has 0 spiro atoms. The van der Waals surface area contributed by atoms with Crippen LogP contribution in [0.25, 0.3) is 12.2 Å². The number of aromatic nitrogens is 4. The molecule has 2 aromatic heterocycles. The molecule has 0 amide bonds. The maximum absolute atomic E-state index is 12.0. The predicted octanol–water partition coefficient (Wildman–Crippen LogP) is 0.210. The number of nitrogens with one attached hydrogen (secondary N) is 1. The van der Waals surface area contributed by atoms with Gasteiger partial charge in [0.05, 0.1) is 5.56 Å². The molecule has 0 aliphatic rings. The summed E-state index contributed by atoms with van der Waals surface area (Å²) in [5, 5.41) is 6.96. The smallest absolute Gasteiger partial charge is 0.330 e. The van der Waals surface area contributed by atoms with Crippen molar-refractivity contribution in [3.63, 3.8) is 0 Å². The summed E-state index contributed by atoms with van der Waals surface area (Å²) >= 11 is 0. The zero-order valence-corrected chi connectivity index (χ0v) is 14.3. The summed E-state index contributed by atoms with van der Waals surface area (Å²) in [4.78, 5) is 27.8. The van der Waals surface area contributed by atoms with E-state index in [9.17, 15) is 9.59 Å². The molecule has 126 valence electrons. The Morgan fingerprint density at radius 2 is 2.04 bits per heavy atom. The van der Waals surface area contributed by atoms with Crippen molar-refractivity contribution in [2.75, 3.05) is 7.05 Å². The number of aryl methyl sites for hydroxylation is 1.